The Labute approximate surface area is 193 Å². The monoisotopic (exact) mass is 469 g/mol. The summed E-state index contributed by atoms with van der Waals surface area (Å²) >= 11 is 0. The van der Waals surface area contributed by atoms with Gasteiger partial charge < -0.3 is 9.84 Å². The lowest BCUT2D eigenvalue weighted by molar-refractivity contribution is 0.0535. The first-order valence-corrected chi connectivity index (χ1v) is 12.6. The Morgan fingerprint density at radius 2 is 1.91 bits per heavy atom. The van der Waals surface area contributed by atoms with Gasteiger partial charge in [0.2, 0.25) is 0 Å². The molecule has 0 bridgehead atoms. The molecule has 0 radical (unpaired) electrons. The maximum Gasteiger partial charge on any atom is 0.338 e. The summed E-state index contributed by atoms with van der Waals surface area (Å²) in [7, 11) is -3.24. The summed E-state index contributed by atoms with van der Waals surface area (Å²) in [5.74, 6) is -0.260. The van der Waals surface area contributed by atoms with E-state index >= 15 is 0 Å². The van der Waals surface area contributed by atoms with E-state index in [-0.39, 0.29) is 17.5 Å². The van der Waals surface area contributed by atoms with Gasteiger partial charge in [-0.2, -0.15) is 5.10 Å². The highest BCUT2D eigenvalue weighted by Gasteiger charge is 2.24. The minimum atomic E-state index is -3.24. The Morgan fingerprint density at radius 3 is 2.61 bits per heavy atom. The van der Waals surface area contributed by atoms with Gasteiger partial charge >= 0.3 is 5.97 Å². The van der Waals surface area contributed by atoms with Crippen molar-refractivity contribution in [2.75, 3.05) is 26.0 Å². The van der Waals surface area contributed by atoms with Crippen LogP contribution in [0.25, 0.3) is 5.69 Å². The van der Waals surface area contributed by atoms with Crippen LogP contribution in [0.1, 0.15) is 32.6 Å². The number of aliphatic hydroxyl groups excluding tert-OH is 1. The van der Waals surface area contributed by atoms with Gasteiger partial charge in [-0.25, -0.2) is 17.9 Å². The summed E-state index contributed by atoms with van der Waals surface area (Å²) in [6.07, 6.45) is 5.65. The summed E-state index contributed by atoms with van der Waals surface area (Å²) in [5, 5.41) is 13.9. The van der Waals surface area contributed by atoms with E-state index in [0.29, 0.717) is 25.3 Å². The molecule has 0 atom stereocenters. The molecule has 0 saturated heterocycles. The topological polar surface area (TPSA) is 102 Å². The molecule has 1 aliphatic heterocycles. The maximum atomic E-state index is 11.8. The number of fused-ring (bicyclic) bond motifs is 1. The standard InChI is InChI=1S/C24H27N3O5S/c1-17-19(3-8-22-23(17)16-32-24(22)29)9-10-26(11-12-28)14-18-13-25-27(15-18)20-4-6-21(7-5-20)33(2,30)31/h3-8,13,15,28H,9-12,14,16H2,1-2H3. The zero-order chi connectivity index (χ0) is 23.6. The van der Waals surface area contributed by atoms with Crippen LogP contribution in [0.4, 0.5) is 0 Å². The van der Waals surface area contributed by atoms with E-state index in [1.54, 1.807) is 35.1 Å². The van der Waals surface area contributed by atoms with Gasteiger partial charge in [-0.15, -0.1) is 0 Å². The Kier molecular flexibility index (Phi) is 6.64. The molecule has 0 saturated carbocycles. The first kappa shape index (κ1) is 23.2. The maximum absolute atomic E-state index is 11.8. The number of aromatic nitrogens is 2. The molecule has 1 aliphatic rings. The average Bonchev–Trinajstić information content (AvgIpc) is 3.40. The molecule has 2 heterocycles. The third kappa shape index (κ3) is 5.16. The second-order valence-corrected chi connectivity index (χ2v) is 10.3. The lowest BCUT2D eigenvalue weighted by Gasteiger charge is -2.21. The van der Waals surface area contributed by atoms with Crippen molar-refractivity contribution >= 4 is 15.8 Å². The van der Waals surface area contributed by atoms with Crippen molar-refractivity contribution in [3.63, 3.8) is 0 Å². The smallest absolute Gasteiger partial charge is 0.338 e. The third-order valence-corrected chi connectivity index (χ3v) is 7.09. The fourth-order valence-corrected chi connectivity index (χ4v) is 4.68. The van der Waals surface area contributed by atoms with E-state index in [2.05, 4.69) is 10.00 Å². The highest BCUT2D eigenvalue weighted by molar-refractivity contribution is 7.90. The number of aliphatic hydroxyl groups is 1. The minimum Gasteiger partial charge on any atom is -0.457 e. The molecule has 33 heavy (non-hydrogen) atoms. The molecular formula is C24H27N3O5S. The molecule has 9 heteroatoms. The number of esters is 1. The van der Waals surface area contributed by atoms with Gasteiger partial charge in [-0.1, -0.05) is 6.07 Å². The lowest BCUT2D eigenvalue weighted by atomic mass is 9.96. The number of carbonyl (C=O) groups excluding carboxylic acids is 1. The van der Waals surface area contributed by atoms with Crippen molar-refractivity contribution in [1.82, 2.24) is 14.7 Å². The third-order valence-electron chi connectivity index (χ3n) is 5.96. The molecule has 0 unspecified atom stereocenters. The summed E-state index contributed by atoms with van der Waals surface area (Å²) in [6, 6.07) is 10.4. The van der Waals surface area contributed by atoms with Crippen LogP contribution in [0.5, 0.6) is 0 Å². The Bertz CT molecular complexity index is 1270. The van der Waals surface area contributed by atoms with Crippen LogP contribution < -0.4 is 0 Å². The number of ether oxygens (including phenoxy) is 1. The predicted molar refractivity (Wildman–Crippen MR) is 123 cm³/mol. The van der Waals surface area contributed by atoms with Crippen LogP contribution in [0, 0.1) is 6.92 Å². The number of sulfone groups is 1. The van der Waals surface area contributed by atoms with Crippen LogP contribution >= 0.6 is 0 Å². The van der Waals surface area contributed by atoms with Gasteiger partial charge in [0, 0.05) is 43.2 Å². The van der Waals surface area contributed by atoms with Crippen LogP contribution in [0.2, 0.25) is 0 Å². The normalized spacial score (nSPS) is 13.4. The highest BCUT2D eigenvalue weighted by Crippen LogP contribution is 2.26. The number of benzene rings is 2. The number of carbonyl (C=O) groups is 1. The zero-order valence-electron chi connectivity index (χ0n) is 18.7. The first-order valence-electron chi connectivity index (χ1n) is 10.7. The predicted octanol–water partition coefficient (Wildman–Crippen LogP) is 2.29. The number of nitrogens with zero attached hydrogens (tertiary/aromatic N) is 3. The average molecular weight is 470 g/mol. The molecule has 2 aromatic carbocycles. The van der Waals surface area contributed by atoms with E-state index in [4.69, 9.17) is 4.74 Å². The molecular weight excluding hydrogens is 442 g/mol. The van der Waals surface area contributed by atoms with Crippen molar-refractivity contribution in [2.24, 2.45) is 0 Å². The molecule has 1 N–H and O–H groups in total. The Hall–Kier alpha value is -3.01. The number of rotatable bonds is 9. The van der Waals surface area contributed by atoms with Gasteiger partial charge in [-0.05, 0) is 54.8 Å². The van der Waals surface area contributed by atoms with Crippen LogP contribution in [0.3, 0.4) is 0 Å². The van der Waals surface area contributed by atoms with Crippen molar-refractivity contribution in [3.8, 4) is 5.69 Å². The Morgan fingerprint density at radius 1 is 1.15 bits per heavy atom. The Balaban J connectivity index is 1.43. The summed E-state index contributed by atoms with van der Waals surface area (Å²) in [5.41, 5.74) is 5.63. The van der Waals surface area contributed by atoms with Gasteiger partial charge in [0.1, 0.15) is 6.61 Å². The number of hydrogen-bond acceptors (Lipinski definition) is 7. The summed E-state index contributed by atoms with van der Waals surface area (Å²) < 4.78 is 30.2. The van der Waals surface area contributed by atoms with Crippen LogP contribution in [-0.4, -0.2) is 60.1 Å². The van der Waals surface area contributed by atoms with Crippen molar-refractivity contribution in [3.05, 3.63) is 76.6 Å². The summed E-state index contributed by atoms with van der Waals surface area (Å²) in [4.78, 5) is 14.2. The van der Waals surface area contributed by atoms with Gasteiger partial charge in [-0.3, -0.25) is 4.90 Å². The summed E-state index contributed by atoms with van der Waals surface area (Å²) in [6.45, 7) is 4.29. The second kappa shape index (κ2) is 9.46. The second-order valence-electron chi connectivity index (χ2n) is 8.26. The molecule has 1 aromatic heterocycles. The van der Waals surface area contributed by atoms with Crippen LogP contribution in [-0.2, 0) is 34.1 Å². The molecule has 0 spiro atoms. The van der Waals surface area contributed by atoms with Crippen molar-refractivity contribution in [2.45, 2.75) is 31.4 Å². The molecule has 0 fully saturated rings. The van der Waals surface area contributed by atoms with E-state index in [1.165, 1.54) is 6.26 Å². The molecule has 4 rings (SSSR count). The fraction of sp³-hybridized carbons (Fsp3) is 0.333. The van der Waals surface area contributed by atoms with Crippen molar-refractivity contribution < 1.29 is 23.1 Å². The molecule has 8 nitrogen and oxygen atoms in total. The SMILES string of the molecule is Cc1c(CCN(CCO)Cc2cnn(-c3ccc(S(C)(=O)=O)cc3)c2)ccc2c1COC2=O. The highest BCUT2D eigenvalue weighted by atomic mass is 32.2. The quantitative estimate of drug-likeness (QED) is 0.480. The fourth-order valence-electron chi connectivity index (χ4n) is 4.05. The first-order chi connectivity index (χ1) is 15.8. The molecule has 0 amide bonds. The zero-order valence-corrected chi connectivity index (χ0v) is 19.5. The van der Waals surface area contributed by atoms with E-state index in [9.17, 15) is 18.3 Å². The number of hydrogen-bond donors (Lipinski definition) is 1. The lowest BCUT2D eigenvalue weighted by Crippen LogP contribution is -2.28. The molecule has 0 aliphatic carbocycles. The van der Waals surface area contributed by atoms with Gasteiger partial charge in [0.05, 0.1) is 29.0 Å². The van der Waals surface area contributed by atoms with E-state index < -0.39 is 9.84 Å². The van der Waals surface area contributed by atoms with Crippen LogP contribution in [0.15, 0.2) is 53.7 Å². The van der Waals surface area contributed by atoms with E-state index in [0.717, 1.165) is 40.9 Å². The number of cyclic esters (lactones) is 1. The molecule has 174 valence electrons. The van der Waals surface area contributed by atoms with Gasteiger partial charge in [0.15, 0.2) is 9.84 Å². The minimum absolute atomic E-state index is 0.0482. The van der Waals surface area contributed by atoms with E-state index in [1.807, 2.05) is 25.3 Å². The van der Waals surface area contributed by atoms with Gasteiger partial charge in [0.25, 0.3) is 0 Å². The van der Waals surface area contributed by atoms with Crippen molar-refractivity contribution in [1.29, 1.82) is 0 Å². The molecule has 3 aromatic rings. The largest absolute Gasteiger partial charge is 0.457 e.